The molecule has 4 N–H and O–H groups in total. The molecule has 0 amide bonds. The fourth-order valence-corrected chi connectivity index (χ4v) is 3.16. The van der Waals surface area contributed by atoms with Crippen molar-refractivity contribution in [2.45, 2.75) is 31.5 Å². The SMILES string of the molecule is C=CC(O)N1CCC[C@@H](Nc2ncnc3[nH]cc(CCO)c23)C1. The number of aliphatic hydroxyl groups excluding tert-OH is 2. The Morgan fingerprint density at radius 1 is 1.52 bits per heavy atom. The fraction of sp³-hybridized carbons (Fsp3) is 0.500. The van der Waals surface area contributed by atoms with Crippen molar-refractivity contribution in [1.82, 2.24) is 19.9 Å². The Morgan fingerprint density at radius 3 is 3.17 bits per heavy atom. The van der Waals surface area contributed by atoms with Gasteiger partial charge >= 0.3 is 0 Å². The highest BCUT2D eigenvalue weighted by Crippen LogP contribution is 2.25. The molecule has 2 aromatic heterocycles. The number of aromatic amines is 1. The van der Waals surface area contributed by atoms with E-state index in [1.807, 2.05) is 11.1 Å². The first kappa shape index (κ1) is 15.9. The zero-order valence-electron chi connectivity index (χ0n) is 13.1. The smallest absolute Gasteiger partial charge is 0.143 e. The number of nitrogens with zero attached hydrogens (tertiary/aromatic N) is 3. The van der Waals surface area contributed by atoms with Crippen LogP contribution in [0.25, 0.3) is 11.0 Å². The molecule has 2 aromatic rings. The molecule has 0 spiro atoms. The predicted molar refractivity (Wildman–Crippen MR) is 89.1 cm³/mol. The number of H-pyrrole nitrogens is 1. The third-order valence-electron chi connectivity index (χ3n) is 4.31. The average Bonchev–Trinajstić information content (AvgIpc) is 2.99. The molecular weight excluding hydrogens is 294 g/mol. The molecule has 3 heterocycles. The first-order chi connectivity index (χ1) is 11.2. The summed E-state index contributed by atoms with van der Waals surface area (Å²) in [5.41, 5.74) is 1.77. The van der Waals surface area contributed by atoms with Crippen LogP contribution in [-0.4, -0.2) is 62.0 Å². The molecule has 1 unspecified atom stereocenters. The summed E-state index contributed by atoms with van der Waals surface area (Å²) in [5, 5.41) is 23.6. The van der Waals surface area contributed by atoms with Crippen LogP contribution in [-0.2, 0) is 6.42 Å². The highest BCUT2D eigenvalue weighted by Gasteiger charge is 2.24. The van der Waals surface area contributed by atoms with Gasteiger partial charge in [-0.3, -0.25) is 4.90 Å². The van der Waals surface area contributed by atoms with Gasteiger partial charge in [-0.25, -0.2) is 9.97 Å². The topological polar surface area (TPSA) is 97.3 Å². The van der Waals surface area contributed by atoms with Gasteiger partial charge in [-0.1, -0.05) is 6.58 Å². The van der Waals surface area contributed by atoms with Gasteiger partial charge in [0, 0.05) is 31.9 Å². The van der Waals surface area contributed by atoms with Crippen LogP contribution in [0.4, 0.5) is 5.82 Å². The zero-order valence-corrected chi connectivity index (χ0v) is 13.1. The standard InChI is InChI=1S/C16H23N5O2/c1-2-13(23)21-6-3-4-12(9-21)20-16-14-11(5-7-22)8-17-15(14)18-10-19-16/h2,8,10,12-13,22-23H,1,3-7,9H2,(H2,17,18,19,20)/t12-,13?/m1/s1. The second-order valence-electron chi connectivity index (χ2n) is 5.86. The minimum Gasteiger partial charge on any atom is -0.396 e. The number of rotatable bonds is 6. The van der Waals surface area contributed by atoms with Gasteiger partial charge in [0.15, 0.2) is 0 Å². The lowest BCUT2D eigenvalue weighted by Crippen LogP contribution is -2.46. The van der Waals surface area contributed by atoms with Crippen LogP contribution >= 0.6 is 0 Å². The summed E-state index contributed by atoms with van der Waals surface area (Å²) in [5.74, 6) is 0.777. The van der Waals surface area contributed by atoms with E-state index in [9.17, 15) is 10.2 Å². The van der Waals surface area contributed by atoms with Gasteiger partial charge in [-0.2, -0.15) is 0 Å². The molecule has 7 nitrogen and oxygen atoms in total. The molecule has 1 aliphatic heterocycles. The number of aromatic nitrogens is 3. The quantitative estimate of drug-likeness (QED) is 0.590. The van der Waals surface area contributed by atoms with Gasteiger partial charge in [0.05, 0.1) is 5.39 Å². The van der Waals surface area contributed by atoms with Crippen LogP contribution in [0.1, 0.15) is 18.4 Å². The monoisotopic (exact) mass is 317 g/mol. The van der Waals surface area contributed by atoms with Crippen molar-refractivity contribution < 1.29 is 10.2 Å². The second-order valence-corrected chi connectivity index (χ2v) is 5.86. The van der Waals surface area contributed by atoms with E-state index >= 15 is 0 Å². The minimum absolute atomic E-state index is 0.0873. The van der Waals surface area contributed by atoms with Gasteiger partial charge in [-0.15, -0.1) is 0 Å². The summed E-state index contributed by atoms with van der Waals surface area (Å²) in [6, 6.07) is 0.202. The van der Waals surface area contributed by atoms with Crippen molar-refractivity contribution in [2.75, 3.05) is 25.0 Å². The molecule has 124 valence electrons. The summed E-state index contributed by atoms with van der Waals surface area (Å²) in [7, 11) is 0. The molecule has 0 aliphatic carbocycles. The molecule has 7 heteroatoms. The number of likely N-dealkylation sites (tertiary alicyclic amines) is 1. The largest absolute Gasteiger partial charge is 0.396 e. The summed E-state index contributed by atoms with van der Waals surface area (Å²) >= 11 is 0. The lowest BCUT2D eigenvalue weighted by molar-refractivity contribution is 0.0251. The molecule has 3 rings (SSSR count). The van der Waals surface area contributed by atoms with Crippen LogP contribution in [0.3, 0.4) is 0 Å². The van der Waals surface area contributed by atoms with Crippen molar-refractivity contribution >= 4 is 16.9 Å². The minimum atomic E-state index is -0.609. The third-order valence-corrected chi connectivity index (χ3v) is 4.31. The number of piperidine rings is 1. The second kappa shape index (κ2) is 7.08. The number of nitrogens with one attached hydrogen (secondary N) is 2. The molecule has 0 saturated carbocycles. The highest BCUT2D eigenvalue weighted by molar-refractivity contribution is 5.90. The lowest BCUT2D eigenvalue weighted by Gasteiger charge is -2.35. The van der Waals surface area contributed by atoms with Gasteiger partial charge in [-0.05, 0) is 30.9 Å². The Kier molecular flexibility index (Phi) is 4.90. The van der Waals surface area contributed by atoms with Crippen LogP contribution in [0, 0.1) is 0 Å². The van der Waals surface area contributed by atoms with Gasteiger partial charge in [0.25, 0.3) is 0 Å². The van der Waals surface area contributed by atoms with E-state index in [4.69, 9.17) is 0 Å². The molecule has 0 radical (unpaired) electrons. The first-order valence-corrected chi connectivity index (χ1v) is 7.96. The van der Waals surface area contributed by atoms with Crippen molar-refractivity contribution in [2.24, 2.45) is 0 Å². The summed E-state index contributed by atoms with van der Waals surface area (Å²) in [6.07, 6.45) is 6.93. The van der Waals surface area contributed by atoms with E-state index in [1.54, 1.807) is 6.08 Å². The van der Waals surface area contributed by atoms with E-state index in [1.165, 1.54) is 6.33 Å². The molecule has 1 aliphatic rings. The van der Waals surface area contributed by atoms with Gasteiger partial charge < -0.3 is 20.5 Å². The number of hydrogen-bond acceptors (Lipinski definition) is 6. The van der Waals surface area contributed by atoms with Crippen molar-refractivity contribution in [3.63, 3.8) is 0 Å². The predicted octanol–water partition coefficient (Wildman–Crippen LogP) is 0.873. The van der Waals surface area contributed by atoms with Gasteiger partial charge in [0.2, 0.25) is 0 Å². The average molecular weight is 317 g/mol. The molecule has 0 aromatic carbocycles. The summed E-state index contributed by atoms with van der Waals surface area (Å²) in [6.45, 7) is 5.34. The van der Waals surface area contributed by atoms with Crippen LogP contribution < -0.4 is 5.32 Å². The molecule has 2 atom stereocenters. The normalized spacial score (nSPS) is 20.5. The van der Waals surface area contributed by atoms with E-state index in [-0.39, 0.29) is 12.6 Å². The molecule has 0 bridgehead atoms. The Balaban J connectivity index is 1.80. The molecule has 23 heavy (non-hydrogen) atoms. The third kappa shape index (κ3) is 3.36. The van der Waals surface area contributed by atoms with Crippen LogP contribution in [0.5, 0.6) is 0 Å². The van der Waals surface area contributed by atoms with Crippen molar-refractivity contribution in [3.05, 3.63) is 30.7 Å². The Bertz CT molecular complexity index is 672. The number of anilines is 1. The van der Waals surface area contributed by atoms with Crippen LogP contribution in [0.15, 0.2) is 25.2 Å². The fourth-order valence-electron chi connectivity index (χ4n) is 3.16. The molecule has 1 fully saturated rings. The number of hydrogen-bond donors (Lipinski definition) is 4. The number of aliphatic hydroxyl groups is 2. The lowest BCUT2D eigenvalue weighted by atomic mass is 10.0. The zero-order chi connectivity index (χ0) is 16.2. The van der Waals surface area contributed by atoms with Gasteiger partial charge in [0.1, 0.15) is 24.0 Å². The highest BCUT2D eigenvalue weighted by atomic mass is 16.3. The molecule has 1 saturated heterocycles. The summed E-state index contributed by atoms with van der Waals surface area (Å²) in [4.78, 5) is 13.7. The first-order valence-electron chi connectivity index (χ1n) is 7.96. The van der Waals surface area contributed by atoms with E-state index in [2.05, 4.69) is 26.8 Å². The van der Waals surface area contributed by atoms with Crippen LogP contribution in [0.2, 0.25) is 0 Å². The Labute approximate surface area is 135 Å². The van der Waals surface area contributed by atoms with Crippen molar-refractivity contribution in [1.29, 1.82) is 0 Å². The van der Waals surface area contributed by atoms with E-state index < -0.39 is 6.23 Å². The molecular formula is C16H23N5O2. The Hall–Kier alpha value is -1.96. The number of fused-ring (bicyclic) bond motifs is 1. The maximum absolute atomic E-state index is 9.94. The van der Waals surface area contributed by atoms with Crippen molar-refractivity contribution in [3.8, 4) is 0 Å². The maximum Gasteiger partial charge on any atom is 0.143 e. The Morgan fingerprint density at radius 2 is 2.39 bits per heavy atom. The van der Waals surface area contributed by atoms with E-state index in [0.717, 1.165) is 48.3 Å². The summed E-state index contributed by atoms with van der Waals surface area (Å²) < 4.78 is 0. The maximum atomic E-state index is 9.94. The van der Waals surface area contributed by atoms with E-state index in [0.29, 0.717) is 6.42 Å².